The number of benzene rings is 1. The molecule has 1 atom stereocenters. The molecule has 1 heterocycles. The fourth-order valence-corrected chi connectivity index (χ4v) is 2.30. The third-order valence-corrected chi connectivity index (χ3v) is 3.77. The van der Waals surface area contributed by atoms with E-state index >= 15 is 0 Å². The Bertz CT molecular complexity index is 755. The fourth-order valence-electron chi connectivity index (χ4n) is 2.30. The van der Waals surface area contributed by atoms with Crippen molar-refractivity contribution in [2.45, 2.75) is 39.5 Å². The van der Waals surface area contributed by atoms with Gasteiger partial charge in [-0.3, -0.25) is 9.59 Å². The van der Waals surface area contributed by atoms with Crippen LogP contribution in [0.25, 0.3) is 0 Å². The largest absolute Gasteiger partial charge is 0.481 e. The van der Waals surface area contributed by atoms with E-state index < -0.39 is 11.9 Å². The summed E-state index contributed by atoms with van der Waals surface area (Å²) in [5.74, 6) is -1.02. The average Bonchev–Trinajstić information content (AvgIpc) is 2.54. The van der Waals surface area contributed by atoms with Crippen LogP contribution in [-0.2, 0) is 4.79 Å². The van der Waals surface area contributed by atoms with Crippen LogP contribution in [0, 0.1) is 6.92 Å². The number of carbonyl (C=O) groups excluding carboxylic acids is 1. The quantitative estimate of drug-likeness (QED) is 0.878. The third-order valence-electron chi connectivity index (χ3n) is 3.77. The lowest BCUT2D eigenvalue weighted by molar-refractivity contribution is -0.138. The molecule has 1 amide bonds. The number of carboxylic acids is 1. The Labute approximate surface area is 141 Å². The summed E-state index contributed by atoms with van der Waals surface area (Å²) in [6.45, 7) is 7.35. The summed E-state index contributed by atoms with van der Waals surface area (Å²) in [7, 11) is 0. The molecule has 1 aromatic heterocycles. The zero-order valence-corrected chi connectivity index (χ0v) is 14.2. The van der Waals surface area contributed by atoms with Crippen molar-refractivity contribution in [1.82, 2.24) is 9.97 Å². The molecule has 0 bridgehead atoms. The zero-order valence-electron chi connectivity index (χ0n) is 14.2. The second-order valence-electron chi connectivity index (χ2n) is 6.01. The zero-order chi connectivity index (χ0) is 17.9. The molecule has 24 heavy (non-hydrogen) atoms. The smallest absolute Gasteiger partial charge is 0.310 e. The number of aliphatic carboxylic acids is 1. The lowest BCUT2D eigenvalue weighted by atomic mass is 10.0. The number of hydrogen-bond donors (Lipinski definition) is 2. The lowest BCUT2D eigenvalue weighted by Gasteiger charge is -2.13. The fraction of sp³-hybridized carbons (Fsp3) is 0.333. The van der Waals surface area contributed by atoms with Crippen LogP contribution in [0.2, 0.25) is 0 Å². The molecule has 2 aromatic rings. The van der Waals surface area contributed by atoms with Crippen molar-refractivity contribution in [2.75, 3.05) is 5.32 Å². The van der Waals surface area contributed by atoms with Crippen molar-refractivity contribution in [1.29, 1.82) is 0 Å². The van der Waals surface area contributed by atoms with Gasteiger partial charge in [0.2, 0.25) is 0 Å². The van der Waals surface area contributed by atoms with Gasteiger partial charge < -0.3 is 10.4 Å². The second kappa shape index (κ2) is 7.21. The third kappa shape index (κ3) is 3.95. The molecular formula is C18H21N3O3. The molecule has 1 unspecified atom stereocenters. The van der Waals surface area contributed by atoms with Gasteiger partial charge >= 0.3 is 5.97 Å². The highest BCUT2D eigenvalue weighted by Crippen LogP contribution is 2.21. The van der Waals surface area contributed by atoms with Crippen LogP contribution in [0.4, 0.5) is 5.69 Å². The Morgan fingerprint density at radius 2 is 1.75 bits per heavy atom. The minimum atomic E-state index is -0.884. The number of carbonyl (C=O) groups is 2. The predicted octanol–water partition coefficient (Wildman–Crippen LogP) is 3.35. The molecule has 2 N–H and O–H groups in total. The van der Waals surface area contributed by atoms with Gasteiger partial charge in [0.1, 0.15) is 5.82 Å². The number of carboxylic acid groups (broad SMARTS) is 1. The Hall–Kier alpha value is -2.76. The molecule has 2 rings (SSSR count). The molecule has 1 aromatic carbocycles. The normalized spacial score (nSPS) is 12.0. The van der Waals surface area contributed by atoms with Crippen molar-refractivity contribution >= 4 is 17.6 Å². The van der Waals surface area contributed by atoms with Crippen molar-refractivity contribution in [3.8, 4) is 0 Å². The van der Waals surface area contributed by atoms with E-state index in [2.05, 4.69) is 15.3 Å². The van der Waals surface area contributed by atoms with Crippen molar-refractivity contribution in [3.63, 3.8) is 0 Å². The van der Waals surface area contributed by atoms with E-state index in [1.807, 2.05) is 13.8 Å². The molecule has 0 radical (unpaired) electrons. The average molecular weight is 327 g/mol. The summed E-state index contributed by atoms with van der Waals surface area (Å²) >= 11 is 0. The summed E-state index contributed by atoms with van der Waals surface area (Å²) in [6, 6.07) is 6.78. The van der Waals surface area contributed by atoms with Crippen molar-refractivity contribution in [3.05, 3.63) is 53.1 Å². The molecule has 6 nitrogen and oxygen atoms in total. The first-order valence-corrected chi connectivity index (χ1v) is 7.77. The van der Waals surface area contributed by atoms with Crippen LogP contribution in [0.5, 0.6) is 0 Å². The first-order valence-electron chi connectivity index (χ1n) is 7.77. The van der Waals surface area contributed by atoms with Gasteiger partial charge in [0.15, 0.2) is 0 Å². The molecule has 0 aliphatic carbocycles. The Balaban J connectivity index is 2.20. The van der Waals surface area contributed by atoms with E-state index in [1.54, 1.807) is 38.1 Å². The molecule has 0 saturated carbocycles. The summed E-state index contributed by atoms with van der Waals surface area (Å²) in [4.78, 5) is 31.9. The van der Waals surface area contributed by atoms with E-state index in [4.69, 9.17) is 5.11 Å². The van der Waals surface area contributed by atoms with Gasteiger partial charge in [-0.25, -0.2) is 9.97 Å². The molecule has 0 spiro atoms. The first kappa shape index (κ1) is 17.6. The van der Waals surface area contributed by atoms with Crippen molar-refractivity contribution < 1.29 is 14.7 Å². The topological polar surface area (TPSA) is 92.2 Å². The minimum Gasteiger partial charge on any atom is -0.481 e. The maximum Gasteiger partial charge on any atom is 0.310 e. The lowest BCUT2D eigenvalue weighted by Crippen LogP contribution is -2.17. The molecule has 6 heteroatoms. The van der Waals surface area contributed by atoms with Crippen molar-refractivity contribution in [2.24, 2.45) is 0 Å². The standard InChI is InChI=1S/C18H21N3O3/c1-10(2)16-15(9-19-12(4)20-16)17(22)21-14-7-5-13(6-8-14)11(3)18(23)24/h5-11H,1-4H3,(H,21,22)(H,23,24). The van der Waals surface area contributed by atoms with Gasteiger partial charge in [-0.2, -0.15) is 0 Å². The maximum atomic E-state index is 12.5. The molecule has 126 valence electrons. The van der Waals surface area contributed by atoms with E-state index in [-0.39, 0.29) is 11.8 Å². The van der Waals surface area contributed by atoms with E-state index in [1.165, 1.54) is 6.20 Å². The van der Waals surface area contributed by atoms with E-state index in [0.29, 0.717) is 28.3 Å². The van der Waals surface area contributed by atoms with E-state index in [9.17, 15) is 9.59 Å². The van der Waals surface area contributed by atoms with Crippen LogP contribution in [0.15, 0.2) is 30.5 Å². The first-order chi connectivity index (χ1) is 11.3. The predicted molar refractivity (Wildman–Crippen MR) is 91.3 cm³/mol. The number of nitrogens with one attached hydrogen (secondary N) is 1. The summed E-state index contributed by atoms with van der Waals surface area (Å²) in [5.41, 5.74) is 2.42. The highest BCUT2D eigenvalue weighted by molar-refractivity contribution is 6.05. The summed E-state index contributed by atoms with van der Waals surface area (Å²) in [6.07, 6.45) is 1.54. The maximum absolute atomic E-state index is 12.5. The van der Waals surface area contributed by atoms with Crippen LogP contribution < -0.4 is 5.32 Å². The van der Waals surface area contributed by atoms with Gasteiger partial charge in [0.25, 0.3) is 5.91 Å². The number of amides is 1. The number of aryl methyl sites for hydroxylation is 1. The summed E-state index contributed by atoms with van der Waals surface area (Å²) < 4.78 is 0. The Morgan fingerprint density at radius 3 is 2.29 bits per heavy atom. The number of rotatable bonds is 5. The number of nitrogens with zero attached hydrogens (tertiary/aromatic N) is 2. The minimum absolute atomic E-state index is 0.103. The van der Waals surface area contributed by atoms with Gasteiger partial charge in [-0.05, 0) is 37.5 Å². The van der Waals surface area contributed by atoms with Crippen LogP contribution >= 0.6 is 0 Å². The van der Waals surface area contributed by atoms with Gasteiger partial charge in [0.05, 0.1) is 17.2 Å². The number of aromatic nitrogens is 2. The SMILES string of the molecule is Cc1ncc(C(=O)Nc2ccc(C(C)C(=O)O)cc2)c(C(C)C)n1. The van der Waals surface area contributed by atoms with Gasteiger partial charge in [-0.1, -0.05) is 26.0 Å². The monoisotopic (exact) mass is 327 g/mol. The van der Waals surface area contributed by atoms with Crippen LogP contribution in [-0.4, -0.2) is 27.0 Å². The van der Waals surface area contributed by atoms with Gasteiger partial charge in [0, 0.05) is 11.9 Å². The highest BCUT2D eigenvalue weighted by atomic mass is 16.4. The Kier molecular flexibility index (Phi) is 5.28. The van der Waals surface area contributed by atoms with Gasteiger partial charge in [-0.15, -0.1) is 0 Å². The van der Waals surface area contributed by atoms with E-state index in [0.717, 1.165) is 0 Å². The molecule has 0 saturated heterocycles. The van der Waals surface area contributed by atoms with Crippen LogP contribution in [0.1, 0.15) is 60.0 Å². The van der Waals surface area contributed by atoms with Crippen LogP contribution in [0.3, 0.4) is 0 Å². The highest BCUT2D eigenvalue weighted by Gasteiger charge is 2.17. The molecule has 0 aliphatic heterocycles. The number of anilines is 1. The number of hydrogen-bond acceptors (Lipinski definition) is 4. The second-order valence-corrected chi connectivity index (χ2v) is 6.01. The Morgan fingerprint density at radius 1 is 1.12 bits per heavy atom. The summed E-state index contributed by atoms with van der Waals surface area (Å²) in [5, 5.41) is 11.8. The molecule has 0 aliphatic rings. The molecule has 0 fully saturated rings. The molecular weight excluding hydrogens is 306 g/mol.